The van der Waals surface area contributed by atoms with Crippen LogP contribution in [0.25, 0.3) is 11.4 Å². The summed E-state index contributed by atoms with van der Waals surface area (Å²) in [6.45, 7) is 0. The second-order valence-electron chi connectivity index (χ2n) is 8.36. The molecule has 1 aromatic carbocycles. The maximum absolute atomic E-state index is 5.61. The van der Waals surface area contributed by atoms with Gasteiger partial charge in [-0.2, -0.15) is 0 Å². The highest BCUT2D eigenvalue weighted by molar-refractivity contribution is 5.85. The zero-order valence-electron chi connectivity index (χ0n) is 19.0. The van der Waals surface area contributed by atoms with Crippen molar-refractivity contribution in [3.8, 4) is 22.9 Å². The van der Waals surface area contributed by atoms with Gasteiger partial charge in [0, 0.05) is 24.4 Å². The van der Waals surface area contributed by atoms with E-state index in [9.17, 15) is 0 Å². The van der Waals surface area contributed by atoms with Crippen molar-refractivity contribution in [2.45, 2.75) is 57.4 Å². The van der Waals surface area contributed by atoms with Crippen LogP contribution in [0.2, 0.25) is 0 Å². The lowest BCUT2D eigenvalue weighted by Crippen LogP contribution is -2.07. The van der Waals surface area contributed by atoms with E-state index in [0.717, 1.165) is 35.0 Å². The number of hydrogen-bond acceptors (Lipinski definition) is 3. The van der Waals surface area contributed by atoms with Gasteiger partial charge in [-0.05, 0) is 42.7 Å². The summed E-state index contributed by atoms with van der Waals surface area (Å²) < 4.78 is 10.8. The number of benzene rings is 1. The molecule has 0 amide bonds. The molecule has 172 valence electrons. The van der Waals surface area contributed by atoms with Gasteiger partial charge < -0.3 is 19.4 Å². The molecule has 0 spiro atoms. The fraction of sp³-hybridized carbons (Fsp3) is 0.423. The number of aromatic nitrogens is 2. The van der Waals surface area contributed by atoms with E-state index in [1.807, 2.05) is 24.4 Å². The topological polar surface area (TPSA) is 62.4 Å². The van der Waals surface area contributed by atoms with Crippen molar-refractivity contribution in [3.05, 3.63) is 59.4 Å². The molecule has 2 heterocycles. The van der Waals surface area contributed by atoms with Gasteiger partial charge in [0.05, 0.1) is 37.3 Å². The summed E-state index contributed by atoms with van der Waals surface area (Å²) in [6.07, 6.45) is 11.8. The van der Waals surface area contributed by atoms with E-state index in [-0.39, 0.29) is 12.4 Å². The minimum Gasteiger partial charge on any atom is -0.497 e. The molecule has 0 atom stereocenters. The number of rotatable bonds is 7. The lowest BCUT2D eigenvalue weighted by Gasteiger charge is -2.15. The smallest absolute Gasteiger partial charge is 0.146 e. The average molecular weight is 456 g/mol. The molecule has 2 N–H and O–H groups in total. The molecule has 0 saturated heterocycles. The quantitative estimate of drug-likeness (QED) is 0.395. The molecule has 32 heavy (non-hydrogen) atoms. The van der Waals surface area contributed by atoms with Crippen LogP contribution in [0.1, 0.15) is 61.9 Å². The van der Waals surface area contributed by atoms with E-state index < -0.39 is 0 Å². The number of halogens is 1. The number of nitrogens with one attached hydrogen (secondary N) is 2. The van der Waals surface area contributed by atoms with Crippen molar-refractivity contribution in [2.24, 2.45) is 4.99 Å². The van der Waals surface area contributed by atoms with Crippen LogP contribution in [0.3, 0.4) is 0 Å². The van der Waals surface area contributed by atoms with Crippen LogP contribution in [-0.4, -0.2) is 36.4 Å². The lowest BCUT2D eigenvalue weighted by molar-refractivity contribution is 0.414. The van der Waals surface area contributed by atoms with Crippen molar-refractivity contribution in [2.75, 3.05) is 14.2 Å². The Hall–Kier alpha value is -2.66. The lowest BCUT2D eigenvalue weighted by atomic mass is 9.97. The third-order valence-electron chi connectivity index (χ3n) is 6.11. The highest BCUT2D eigenvalue weighted by Gasteiger charge is 2.13. The number of aromatic amines is 2. The summed E-state index contributed by atoms with van der Waals surface area (Å²) in [5.41, 5.74) is 5.40. The van der Waals surface area contributed by atoms with E-state index in [1.165, 1.54) is 56.2 Å². The first-order chi connectivity index (χ1) is 15.2. The first kappa shape index (κ1) is 24.0. The zero-order chi connectivity index (χ0) is 21.5. The molecule has 0 radical (unpaired) electrons. The SMILES string of the molecule is COc1ccc(Cc2ccc(-c3cc(OC)c(C=NC4CCCCCCC4)[nH]3)[nH]2)cc1.Cl. The predicted molar refractivity (Wildman–Crippen MR) is 134 cm³/mol. The molecule has 1 fully saturated rings. The van der Waals surface area contributed by atoms with Crippen LogP contribution < -0.4 is 9.47 Å². The largest absolute Gasteiger partial charge is 0.497 e. The Morgan fingerprint density at radius 2 is 1.59 bits per heavy atom. The van der Waals surface area contributed by atoms with Gasteiger partial charge in [0.25, 0.3) is 0 Å². The highest BCUT2D eigenvalue weighted by Crippen LogP contribution is 2.27. The van der Waals surface area contributed by atoms with Gasteiger partial charge in [0.15, 0.2) is 0 Å². The van der Waals surface area contributed by atoms with Crippen LogP contribution in [0.15, 0.2) is 47.5 Å². The van der Waals surface area contributed by atoms with Crippen molar-refractivity contribution in [3.63, 3.8) is 0 Å². The fourth-order valence-electron chi connectivity index (χ4n) is 4.29. The minimum atomic E-state index is 0. The Morgan fingerprint density at radius 1 is 0.875 bits per heavy atom. The van der Waals surface area contributed by atoms with Crippen LogP contribution in [0.5, 0.6) is 11.5 Å². The van der Waals surface area contributed by atoms with Crippen molar-refractivity contribution in [1.82, 2.24) is 9.97 Å². The summed E-state index contributed by atoms with van der Waals surface area (Å²) in [5.74, 6) is 1.71. The predicted octanol–water partition coefficient (Wildman–Crippen LogP) is 6.57. The third-order valence-corrected chi connectivity index (χ3v) is 6.11. The van der Waals surface area contributed by atoms with Gasteiger partial charge in [-0.15, -0.1) is 12.4 Å². The molecule has 0 aliphatic heterocycles. The van der Waals surface area contributed by atoms with Crippen LogP contribution in [0.4, 0.5) is 0 Å². The first-order valence-electron chi connectivity index (χ1n) is 11.4. The molecule has 1 saturated carbocycles. The molecule has 4 rings (SSSR count). The maximum Gasteiger partial charge on any atom is 0.146 e. The second kappa shape index (κ2) is 11.8. The monoisotopic (exact) mass is 455 g/mol. The normalized spacial score (nSPS) is 15.2. The Bertz CT molecular complexity index is 983. The molecular weight excluding hydrogens is 422 g/mol. The van der Waals surface area contributed by atoms with Gasteiger partial charge in [-0.25, -0.2) is 0 Å². The Kier molecular flexibility index (Phi) is 8.86. The summed E-state index contributed by atoms with van der Waals surface area (Å²) >= 11 is 0. The molecule has 5 nitrogen and oxygen atoms in total. The number of aliphatic imine (C=N–C) groups is 1. The number of nitrogens with zero attached hydrogens (tertiary/aromatic N) is 1. The van der Waals surface area contributed by atoms with Crippen LogP contribution in [0, 0.1) is 0 Å². The van der Waals surface area contributed by atoms with E-state index >= 15 is 0 Å². The summed E-state index contributed by atoms with van der Waals surface area (Å²) in [5, 5.41) is 0. The van der Waals surface area contributed by atoms with E-state index in [0.29, 0.717) is 6.04 Å². The summed E-state index contributed by atoms with van der Waals surface area (Å²) in [6, 6.07) is 14.9. The summed E-state index contributed by atoms with van der Waals surface area (Å²) in [7, 11) is 3.40. The summed E-state index contributed by atoms with van der Waals surface area (Å²) in [4.78, 5) is 11.9. The van der Waals surface area contributed by atoms with E-state index in [1.54, 1.807) is 14.2 Å². The number of H-pyrrole nitrogens is 2. The third kappa shape index (κ3) is 6.19. The van der Waals surface area contributed by atoms with Gasteiger partial charge in [0.1, 0.15) is 11.5 Å². The molecule has 2 aromatic heterocycles. The zero-order valence-corrected chi connectivity index (χ0v) is 19.8. The Labute approximate surface area is 197 Å². The van der Waals surface area contributed by atoms with E-state index in [2.05, 4.69) is 34.2 Å². The van der Waals surface area contributed by atoms with Crippen LogP contribution >= 0.6 is 12.4 Å². The number of methoxy groups -OCH3 is 2. The highest BCUT2D eigenvalue weighted by atomic mass is 35.5. The van der Waals surface area contributed by atoms with E-state index in [4.69, 9.17) is 14.5 Å². The standard InChI is InChI=1S/C26H33N3O2.ClH/c1-30-22-13-10-19(11-14-22)16-21-12-15-23(28-21)24-17-26(31-2)25(29-24)18-27-20-8-6-4-3-5-7-9-20;/h10-15,17-18,20,28-29H,3-9,16H2,1-2H3;1H. The molecule has 0 unspecified atom stereocenters. The Morgan fingerprint density at radius 3 is 2.28 bits per heavy atom. The molecule has 1 aliphatic carbocycles. The molecule has 1 aliphatic rings. The van der Waals surface area contributed by atoms with Crippen molar-refractivity contribution < 1.29 is 9.47 Å². The molecule has 6 heteroatoms. The Balaban J connectivity index is 0.00000289. The van der Waals surface area contributed by atoms with Gasteiger partial charge >= 0.3 is 0 Å². The fourth-order valence-corrected chi connectivity index (χ4v) is 4.29. The molecular formula is C26H34ClN3O2. The molecule has 3 aromatic rings. The van der Waals surface area contributed by atoms with Crippen molar-refractivity contribution >= 4 is 18.6 Å². The first-order valence-corrected chi connectivity index (χ1v) is 11.4. The second-order valence-corrected chi connectivity index (χ2v) is 8.36. The minimum absolute atomic E-state index is 0. The van der Waals surface area contributed by atoms with Gasteiger partial charge in [0.2, 0.25) is 0 Å². The van der Waals surface area contributed by atoms with Gasteiger partial charge in [-0.1, -0.05) is 44.2 Å². The van der Waals surface area contributed by atoms with Crippen molar-refractivity contribution in [1.29, 1.82) is 0 Å². The van der Waals surface area contributed by atoms with Crippen LogP contribution in [-0.2, 0) is 6.42 Å². The molecule has 0 bridgehead atoms. The maximum atomic E-state index is 5.61. The number of ether oxygens (including phenoxy) is 2. The van der Waals surface area contributed by atoms with Gasteiger partial charge in [-0.3, -0.25) is 4.99 Å². The number of hydrogen-bond donors (Lipinski definition) is 2. The average Bonchev–Trinajstić information content (AvgIpc) is 3.40.